The summed E-state index contributed by atoms with van der Waals surface area (Å²) in [6.07, 6.45) is 2.55. The fraction of sp³-hybridized carbons (Fsp3) is 0.611. The minimum absolute atomic E-state index is 0.554. The first-order valence-electron chi connectivity index (χ1n) is 8.34. The van der Waals surface area contributed by atoms with Crippen LogP contribution in [0.3, 0.4) is 0 Å². The number of rotatable bonds is 5. The average molecular weight is 302 g/mol. The minimum atomic E-state index is 0.554. The number of guanidine groups is 1. The molecule has 1 aromatic rings. The molecule has 4 heteroatoms. The van der Waals surface area contributed by atoms with Crippen LogP contribution in [-0.2, 0) is 13.1 Å². The Labute approximate surface area is 135 Å². The van der Waals surface area contributed by atoms with Gasteiger partial charge in [0.05, 0.1) is 0 Å². The smallest absolute Gasteiger partial charge is 0.193 e. The van der Waals surface area contributed by atoms with E-state index in [0.29, 0.717) is 6.04 Å². The summed E-state index contributed by atoms with van der Waals surface area (Å²) in [5, 5.41) is 3.53. The predicted octanol–water partition coefficient (Wildman–Crippen LogP) is 2.70. The van der Waals surface area contributed by atoms with Gasteiger partial charge in [-0.3, -0.25) is 9.89 Å². The summed E-state index contributed by atoms with van der Waals surface area (Å²) in [5.41, 5.74) is 2.75. The van der Waals surface area contributed by atoms with Crippen LogP contribution in [0.5, 0.6) is 0 Å². The topological polar surface area (TPSA) is 30.9 Å². The Balaban J connectivity index is 2.00. The summed E-state index contributed by atoms with van der Waals surface area (Å²) in [6, 6.07) is 9.25. The SMILES string of the molecule is CN=C(NCc1ccccc1CN(C)C(C)C)N1CCCC1. The quantitative estimate of drug-likeness (QED) is 0.670. The molecule has 0 atom stereocenters. The van der Waals surface area contributed by atoms with Crippen LogP contribution in [0, 0.1) is 0 Å². The van der Waals surface area contributed by atoms with Crippen molar-refractivity contribution in [2.75, 3.05) is 27.2 Å². The van der Waals surface area contributed by atoms with E-state index in [2.05, 4.69) is 65.3 Å². The number of nitrogens with zero attached hydrogens (tertiary/aromatic N) is 3. The van der Waals surface area contributed by atoms with E-state index in [1.54, 1.807) is 0 Å². The predicted molar refractivity (Wildman–Crippen MR) is 94.1 cm³/mol. The molecular formula is C18H30N4. The number of aliphatic imine (C=N–C) groups is 1. The number of benzene rings is 1. The highest BCUT2D eigenvalue weighted by molar-refractivity contribution is 5.80. The summed E-state index contributed by atoms with van der Waals surface area (Å²) in [6.45, 7) is 8.53. The van der Waals surface area contributed by atoms with Crippen molar-refractivity contribution in [2.24, 2.45) is 4.99 Å². The van der Waals surface area contributed by atoms with Crippen molar-refractivity contribution in [1.82, 2.24) is 15.1 Å². The Bertz CT molecular complexity index is 490. The van der Waals surface area contributed by atoms with Crippen molar-refractivity contribution in [1.29, 1.82) is 0 Å². The van der Waals surface area contributed by atoms with Gasteiger partial charge in [0.2, 0.25) is 0 Å². The zero-order valence-electron chi connectivity index (χ0n) is 14.5. The molecule has 1 heterocycles. The second kappa shape index (κ2) is 8.18. The molecule has 22 heavy (non-hydrogen) atoms. The van der Waals surface area contributed by atoms with Crippen molar-refractivity contribution in [3.63, 3.8) is 0 Å². The van der Waals surface area contributed by atoms with Gasteiger partial charge in [-0.2, -0.15) is 0 Å². The van der Waals surface area contributed by atoms with Crippen molar-refractivity contribution < 1.29 is 0 Å². The van der Waals surface area contributed by atoms with Crippen molar-refractivity contribution in [3.8, 4) is 0 Å². The lowest BCUT2D eigenvalue weighted by molar-refractivity contribution is 0.265. The molecule has 0 radical (unpaired) electrons. The zero-order valence-corrected chi connectivity index (χ0v) is 14.5. The molecule has 0 amide bonds. The van der Waals surface area contributed by atoms with E-state index in [0.717, 1.165) is 32.1 Å². The molecule has 1 aliphatic rings. The first kappa shape index (κ1) is 16.8. The summed E-state index contributed by atoms with van der Waals surface area (Å²) in [7, 11) is 4.05. The highest BCUT2D eigenvalue weighted by atomic mass is 15.3. The second-order valence-corrected chi connectivity index (χ2v) is 6.37. The molecule has 1 aliphatic heterocycles. The van der Waals surface area contributed by atoms with Crippen LogP contribution in [0.2, 0.25) is 0 Å². The van der Waals surface area contributed by atoms with Gasteiger partial charge in [-0.1, -0.05) is 24.3 Å². The maximum atomic E-state index is 4.42. The molecule has 2 rings (SSSR count). The first-order chi connectivity index (χ1) is 10.6. The Morgan fingerprint density at radius 3 is 2.45 bits per heavy atom. The highest BCUT2D eigenvalue weighted by Crippen LogP contribution is 2.13. The van der Waals surface area contributed by atoms with Crippen LogP contribution < -0.4 is 5.32 Å². The Hall–Kier alpha value is -1.55. The molecule has 1 saturated heterocycles. The summed E-state index contributed by atoms with van der Waals surface area (Å²) in [5.74, 6) is 1.03. The fourth-order valence-corrected chi connectivity index (χ4v) is 2.77. The minimum Gasteiger partial charge on any atom is -0.352 e. The van der Waals surface area contributed by atoms with Crippen molar-refractivity contribution in [3.05, 3.63) is 35.4 Å². The molecule has 0 unspecified atom stereocenters. The monoisotopic (exact) mass is 302 g/mol. The molecule has 0 aromatic heterocycles. The molecule has 0 aliphatic carbocycles. The van der Waals surface area contributed by atoms with Crippen LogP contribution in [0.15, 0.2) is 29.3 Å². The van der Waals surface area contributed by atoms with Crippen LogP contribution in [0.25, 0.3) is 0 Å². The number of nitrogens with one attached hydrogen (secondary N) is 1. The maximum Gasteiger partial charge on any atom is 0.193 e. The van der Waals surface area contributed by atoms with Gasteiger partial charge < -0.3 is 10.2 Å². The van der Waals surface area contributed by atoms with E-state index >= 15 is 0 Å². The van der Waals surface area contributed by atoms with Crippen LogP contribution >= 0.6 is 0 Å². The van der Waals surface area contributed by atoms with Gasteiger partial charge in [0, 0.05) is 39.3 Å². The van der Waals surface area contributed by atoms with E-state index < -0.39 is 0 Å². The molecule has 1 aromatic carbocycles. The van der Waals surface area contributed by atoms with E-state index in [9.17, 15) is 0 Å². The summed E-state index contributed by atoms with van der Waals surface area (Å²) < 4.78 is 0. The van der Waals surface area contributed by atoms with Crippen molar-refractivity contribution >= 4 is 5.96 Å². The van der Waals surface area contributed by atoms with Crippen LogP contribution in [0.1, 0.15) is 37.8 Å². The van der Waals surface area contributed by atoms with Gasteiger partial charge in [-0.25, -0.2) is 0 Å². The molecule has 4 nitrogen and oxygen atoms in total. The Morgan fingerprint density at radius 2 is 1.86 bits per heavy atom. The summed E-state index contributed by atoms with van der Waals surface area (Å²) >= 11 is 0. The summed E-state index contributed by atoms with van der Waals surface area (Å²) in [4.78, 5) is 9.14. The third kappa shape index (κ3) is 4.47. The standard InChI is InChI=1S/C18H30N4/c1-15(2)21(4)14-17-10-6-5-9-16(17)13-20-18(19-3)22-11-7-8-12-22/h5-6,9-10,15H,7-8,11-14H2,1-4H3,(H,19,20). The number of likely N-dealkylation sites (tertiary alicyclic amines) is 1. The lowest BCUT2D eigenvalue weighted by atomic mass is 10.1. The van der Waals surface area contributed by atoms with E-state index in [-0.39, 0.29) is 0 Å². The van der Waals surface area contributed by atoms with Gasteiger partial charge >= 0.3 is 0 Å². The van der Waals surface area contributed by atoms with Gasteiger partial charge in [-0.15, -0.1) is 0 Å². The number of hydrogen-bond donors (Lipinski definition) is 1. The second-order valence-electron chi connectivity index (χ2n) is 6.37. The molecule has 0 bridgehead atoms. The molecular weight excluding hydrogens is 272 g/mol. The zero-order chi connectivity index (χ0) is 15.9. The average Bonchev–Trinajstić information content (AvgIpc) is 3.03. The Morgan fingerprint density at radius 1 is 1.23 bits per heavy atom. The van der Waals surface area contributed by atoms with Gasteiger partial charge in [0.25, 0.3) is 0 Å². The van der Waals surface area contributed by atoms with E-state index in [1.165, 1.54) is 24.0 Å². The highest BCUT2D eigenvalue weighted by Gasteiger charge is 2.16. The molecule has 122 valence electrons. The van der Waals surface area contributed by atoms with Gasteiger partial charge in [0.15, 0.2) is 5.96 Å². The molecule has 0 saturated carbocycles. The molecule has 0 spiro atoms. The molecule has 1 fully saturated rings. The normalized spacial score (nSPS) is 15.9. The third-order valence-electron chi connectivity index (χ3n) is 4.47. The van der Waals surface area contributed by atoms with Crippen LogP contribution in [0.4, 0.5) is 0 Å². The fourth-order valence-electron chi connectivity index (χ4n) is 2.77. The lowest BCUT2D eigenvalue weighted by Gasteiger charge is -2.24. The first-order valence-corrected chi connectivity index (χ1v) is 8.34. The van der Waals surface area contributed by atoms with Gasteiger partial charge in [0.1, 0.15) is 0 Å². The van der Waals surface area contributed by atoms with Crippen molar-refractivity contribution in [2.45, 2.75) is 45.8 Å². The van der Waals surface area contributed by atoms with E-state index in [1.807, 2.05) is 7.05 Å². The number of hydrogen-bond acceptors (Lipinski definition) is 2. The molecule has 1 N–H and O–H groups in total. The maximum absolute atomic E-state index is 4.42. The van der Waals surface area contributed by atoms with Gasteiger partial charge in [-0.05, 0) is 44.9 Å². The lowest BCUT2D eigenvalue weighted by Crippen LogP contribution is -2.39. The largest absolute Gasteiger partial charge is 0.352 e. The van der Waals surface area contributed by atoms with Crippen LogP contribution in [-0.4, -0.2) is 49.0 Å². The van der Waals surface area contributed by atoms with E-state index in [4.69, 9.17) is 0 Å². The Kier molecular flexibility index (Phi) is 6.25. The third-order valence-corrected chi connectivity index (χ3v) is 4.47.